The molecular weight excluding hydrogens is 307 g/mol. The molecule has 1 aliphatic carbocycles. The number of methoxy groups -OCH3 is 1. The molecule has 5 heteroatoms. The van der Waals surface area contributed by atoms with Crippen LogP contribution in [0.3, 0.4) is 0 Å². The Bertz CT molecular complexity index is 928. The van der Waals surface area contributed by atoms with Crippen molar-refractivity contribution in [3.8, 4) is 5.75 Å². The summed E-state index contributed by atoms with van der Waals surface area (Å²) in [6.45, 7) is 0. The summed E-state index contributed by atoms with van der Waals surface area (Å²) in [6.07, 6.45) is 3.33. The number of carbonyl (C=O) groups excluding carboxylic acids is 1. The summed E-state index contributed by atoms with van der Waals surface area (Å²) in [4.78, 5) is 16.0. The normalized spacial score (nSPS) is 15.2. The molecule has 0 spiro atoms. The molecule has 0 saturated heterocycles. The van der Waals surface area contributed by atoms with Crippen LogP contribution in [-0.4, -0.2) is 18.0 Å². The Balaban J connectivity index is 1.66. The van der Waals surface area contributed by atoms with Crippen molar-refractivity contribution in [3.05, 3.63) is 60.0 Å². The minimum absolute atomic E-state index is 0.0686. The molecule has 0 atom stereocenters. The molecule has 1 fully saturated rings. The summed E-state index contributed by atoms with van der Waals surface area (Å²) >= 11 is 0. The SMILES string of the molecule is COc1cccc(NC(=O)C2(c3c[nH]c4ccc(F)cc34)CC2)c1. The maximum atomic E-state index is 13.6. The van der Waals surface area contributed by atoms with Crippen LogP contribution >= 0.6 is 0 Å². The molecule has 0 bridgehead atoms. The van der Waals surface area contributed by atoms with Crippen LogP contribution in [0.4, 0.5) is 10.1 Å². The fourth-order valence-corrected chi connectivity index (χ4v) is 3.18. The fraction of sp³-hybridized carbons (Fsp3) is 0.211. The third-order valence-electron chi connectivity index (χ3n) is 4.67. The van der Waals surface area contributed by atoms with Gasteiger partial charge in [-0.1, -0.05) is 6.07 Å². The van der Waals surface area contributed by atoms with Gasteiger partial charge in [-0.05, 0) is 48.7 Å². The van der Waals surface area contributed by atoms with E-state index in [9.17, 15) is 9.18 Å². The molecule has 1 amide bonds. The second-order valence-corrected chi connectivity index (χ2v) is 6.16. The predicted octanol–water partition coefficient (Wildman–Crippen LogP) is 3.99. The van der Waals surface area contributed by atoms with Gasteiger partial charge in [-0.15, -0.1) is 0 Å². The number of aromatic nitrogens is 1. The van der Waals surface area contributed by atoms with Gasteiger partial charge in [0.2, 0.25) is 5.91 Å². The highest BCUT2D eigenvalue weighted by atomic mass is 19.1. The van der Waals surface area contributed by atoms with E-state index in [1.54, 1.807) is 19.2 Å². The number of benzene rings is 2. The van der Waals surface area contributed by atoms with E-state index in [4.69, 9.17) is 4.74 Å². The number of hydrogen-bond acceptors (Lipinski definition) is 2. The van der Waals surface area contributed by atoms with Crippen LogP contribution < -0.4 is 10.1 Å². The first kappa shape index (κ1) is 14.8. The summed E-state index contributed by atoms with van der Waals surface area (Å²) in [6, 6.07) is 11.9. The predicted molar refractivity (Wildman–Crippen MR) is 90.8 cm³/mol. The Morgan fingerprint density at radius 1 is 1.25 bits per heavy atom. The topological polar surface area (TPSA) is 54.1 Å². The number of halogens is 1. The molecular formula is C19H17FN2O2. The monoisotopic (exact) mass is 324 g/mol. The highest BCUT2D eigenvalue weighted by Crippen LogP contribution is 2.51. The van der Waals surface area contributed by atoms with Crippen LogP contribution in [0.2, 0.25) is 0 Å². The van der Waals surface area contributed by atoms with Gasteiger partial charge in [0.1, 0.15) is 11.6 Å². The van der Waals surface area contributed by atoms with Gasteiger partial charge < -0.3 is 15.0 Å². The number of amides is 1. The molecule has 1 heterocycles. The van der Waals surface area contributed by atoms with Crippen LogP contribution in [0.1, 0.15) is 18.4 Å². The van der Waals surface area contributed by atoms with Crippen molar-refractivity contribution in [2.24, 2.45) is 0 Å². The molecule has 0 unspecified atom stereocenters. The van der Waals surface area contributed by atoms with E-state index in [2.05, 4.69) is 10.3 Å². The molecule has 3 aromatic rings. The molecule has 0 radical (unpaired) electrons. The third kappa shape index (κ3) is 2.33. The second kappa shape index (κ2) is 5.37. The van der Waals surface area contributed by atoms with E-state index >= 15 is 0 Å². The molecule has 2 aromatic carbocycles. The molecule has 1 saturated carbocycles. The standard InChI is InChI=1S/C19H17FN2O2/c1-24-14-4-2-3-13(10-14)22-18(23)19(7-8-19)16-11-21-17-6-5-12(20)9-15(16)17/h2-6,9-11,21H,7-8H2,1H3,(H,22,23). The zero-order chi connectivity index (χ0) is 16.7. The number of aromatic amines is 1. The van der Waals surface area contributed by atoms with Crippen molar-refractivity contribution in [1.29, 1.82) is 0 Å². The summed E-state index contributed by atoms with van der Waals surface area (Å²) in [7, 11) is 1.59. The fourth-order valence-electron chi connectivity index (χ4n) is 3.18. The second-order valence-electron chi connectivity index (χ2n) is 6.16. The lowest BCUT2D eigenvalue weighted by molar-refractivity contribution is -0.118. The molecule has 1 aromatic heterocycles. The van der Waals surface area contributed by atoms with Crippen LogP contribution in [0, 0.1) is 5.82 Å². The summed E-state index contributed by atoms with van der Waals surface area (Å²) in [5.74, 6) is 0.320. The van der Waals surface area contributed by atoms with Crippen molar-refractivity contribution < 1.29 is 13.9 Å². The van der Waals surface area contributed by atoms with Crippen molar-refractivity contribution in [3.63, 3.8) is 0 Å². The van der Waals surface area contributed by atoms with Gasteiger partial charge in [-0.2, -0.15) is 0 Å². The van der Waals surface area contributed by atoms with Gasteiger partial charge in [0.05, 0.1) is 12.5 Å². The average molecular weight is 324 g/mol. The quantitative estimate of drug-likeness (QED) is 0.762. The lowest BCUT2D eigenvalue weighted by atomic mass is 9.94. The van der Waals surface area contributed by atoms with Gasteiger partial charge in [0.15, 0.2) is 0 Å². The minimum atomic E-state index is -0.588. The van der Waals surface area contributed by atoms with Crippen molar-refractivity contribution >= 4 is 22.5 Å². The first-order valence-corrected chi connectivity index (χ1v) is 7.85. The van der Waals surface area contributed by atoms with Crippen molar-refractivity contribution in [2.45, 2.75) is 18.3 Å². The number of fused-ring (bicyclic) bond motifs is 1. The van der Waals surface area contributed by atoms with Gasteiger partial charge in [-0.25, -0.2) is 4.39 Å². The Morgan fingerprint density at radius 2 is 2.08 bits per heavy atom. The number of nitrogens with one attached hydrogen (secondary N) is 2. The summed E-state index contributed by atoms with van der Waals surface area (Å²) < 4.78 is 18.8. The molecule has 24 heavy (non-hydrogen) atoms. The molecule has 4 rings (SSSR count). The number of H-pyrrole nitrogens is 1. The van der Waals surface area contributed by atoms with Gasteiger partial charge >= 0.3 is 0 Å². The highest BCUT2D eigenvalue weighted by molar-refractivity contribution is 6.04. The number of hydrogen-bond donors (Lipinski definition) is 2. The first-order chi connectivity index (χ1) is 11.6. The van der Waals surface area contributed by atoms with Crippen LogP contribution in [-0.2, 0) is 10.2 Å². The molecule has 2 N–H and O–H groups in total. The molecule has 1 aliphatic rings. The Labute approximate surface area is 138 Å². The maximum Gasteiger partial charge on any atom is 0.235 e. The molecule has 0 aliphatic heterocycles. The first-order valence-electron chi connectivity index (χ1n) is 7.85. The van der Waals surface area contributed by atoms with E-state index in [-0.39, 0.29) is 11.7 Å². The van der Waals surface area contributed by atoms with Gasteiger partial charge in [-0.3, -0.25) is 4.79 Å². The van der Waals surface area contributed by atoms with Crippen molar-refractivity contribution in [2.75, 3.05) is 12.4 Å². The third-order valence-corrected chi connectivity index (χ3v) is 4.67. The Kier molecular flexibility index (Phi) is 3.30. The maximum absolute atomic E-state index is 13.6. The zero-order valence-electron chi connectivity index (χ0n) is 13.2. The lowest BCUT2D eigenvalue weighted by Crippen LogP contribution is -2.27. The number of ether oxygens (including phenoxy) is 1. The molecule has 122 valence electrons. The van der Waals surface area contributed by atoms with E-state index in [1.807, 2.05) is 24.4 Å². The summed E-state index contributed by atoms with van der Waals surface area (Å²) in [5.41, 5.74) is 1.80. The molecule has 4 nitrogen and oxygen atoms in total. The lowest BCUT2D eigenvalue weighted by Gasteiger charge is -2.15. The Hall–Kier alpha value is -2.82. The van der Waals surface area contributed by atoms with Gasteiger partial charge in [0, 0.05) is 28.9 Å². The largest absolute Gasteiger partial charge is 0.497 e. The van der Waals surface area contributed by atoms with Crippen LogP contribution in [0.5, 0.6) is 5.75 Å². The van der Waals surface area contributed by atoms with E-state index in [0.717, 1.165) is 29.3 Å². The van der Waals surface area contributed by atoms with E-state index < -0.39 is 5.41 Å². The van der Waals surface area contributed by atoms with Crippen LogP contribution in [0.15, 0.2) is 48.7 Å². The Morgan fingerprint density at radius 3 is 2.83 bits per heavy atom. The van der Waals surface area contributed by atoms with E-state index in [1.165, 1.54) is 12.1 Å². The average Bonchev–Trinajstić information content (AvgIpc) is 3.29. The van der Waals surface area contributed by atoms with Crippen molar-refractivity contribution in [1.82, 2.24) is 4.98 Å². The highest BCUT2D eigenvalue weighted by Gasteiger charge is 2.52. The minimum Gasteiger partial charge on any atom is -0.497 e. The number of anilines is 1. The van der Waals surface area contributed by atoms with Crippen LogP contribution in [0.25, 0.3) is 10.9 Å². The van der Waals surface area contributed by atoms with E-state index in [0.29, 0.717) is 11.4 Å². The number of carbonyl (C=O) groups is 1. The summed E-state index contributed by atoms with van der Waals surface area (Å²) in [5, 5.41) is 3.73. The zero-order valence-corrected chi connectivity index (χ0v) is 13.2. The number of rotatable bonds is 4. The van der Waals surface area contributed by atoms with Gasteiger partial charge in [0.25, 0.3) is 0 Å². The smallest absolute Gasteiger partial charge is 0.235 e.